The molecular weight excluding hydrogens is 582 g/mol. The first-order valence-corrected chi connectivity index (χ1v) is 14.8. The molecule has 43 heavy (non-hydrogen) atoms. The second kappa shape index (κ2) is 11.3. The van der Waals surface area contributed by atoms with Crippen molar-refractivity contribution >= 4 is 32.6 Å². The number of benzene rings is 2. The SMILES string of the molecule is C=CC(=O)N1CCN(c2nc(=O)n(-c3ccccc3S(C)(=O)=O)c3nc(-c4c(O)cccc4F)c(F)cc23)C(CC#N)C1. The largest absolute Gasteiger partial charge is 0.507 e. The van der Waals surface area contributed by atoms with Gasteiger partial charge in [-0.3, -0.25) is 4.79 Å². The highest BCUT2D eigenvalue weighted by Gasteiger charge is 2.33. The molecule has 0 saturated carbocycles. The van der Waals surface area contributed by atoms with Gasteiger partial charge in [-0.05, 0) is 36.4 Å². The molecule has 4 aromatic rings. The third-order valence-electron chi connectivity index (χ3n) is 7.10. The van der Waals surface area contributed by atoms with E-state index in [9.17, 15) is 32.8 Å². The van der Waals surface area contributed by atoms with Crippen LogP contribution in [0.25, 0.3) is 28.0 Å². The first kappa shape index (κ1) is 29.3. The Kier molecular flexibility index (Phi) is 7.68. The number of hydrogen-bond acceptors (Lipinski definition) is 9. The Labute approximate surface area is 244 Å². The van der Waals surface area contributed by atoms with E-state index in [1.54, 1.807) is 4.90 Å². The van der Waals surface area contributed by atoms with Gasteiger partial charge in [-0.1, -0.05) is 24.8 Å². The fourth-order valence-corrected chi connectivity index (χ4v) is 6.03. The van der Waals surface area contributed by atoms with E-state index in [2.05, 4.69) is 22.6 Å². The van der Waals surface area contributed by atoms with Crippen LogP contribution in [-0.2, 0) is 14.6 Å². The molecule has 220 valence electrons. The number of carbonyl (C=O) groups excluding carboxylic acids is 1. The number of amides is 1. The van der Waals surface area contributed by atoms with Crippen molar-refractivity contribution in [2.75, 3.05) is 30.8 Å². The number of para-hydroxylation sites is 1. The Balaban J connectivity index is 1.85. The van der Waals surface area contributed by atoms with Gasteiger partial charge in [-0.2, -0.15) is 10.2 Å². The van der Waals surface area contributed by atoms with Gasteiger partial charge >= 0.3 is 5.69 Å². The second-order valence-corrected chi connectivity index (χ2v) is 11.8. The molecule has 2 aromatic heterocycles. The minimum absolute atomic E-state index is 0.0496. The highest BCUT2D eigenvalue weighted by Crippen LogP contribution is 2.36. The van der Waals surface area contributed by atoms with E-state index < -0.39 is 50.2 Å². The van der Waals surface area contributed by atoms with Gasteiger partial charge in [0.2, 0.25) is 5.91 Å². The molecule has 5 rings (SSSR count). The molecule has 0 aliphatic carbocycles. The highest BCUT2D eigenvalue weighted by molar-refractivity contribution is 7.90. The van der Waals surface area contributed by atoms with Gasteiger partial charge in [-0.25, -0.2) is 31.5 Å². The van der Waals surface area contributed by atoms with Gasteiger partial charge in [0.1, 0.15) is 23.1 Å². The van der Waals surface area contributed by atoms with E-state index in [1.165, 1.54) is 35.2 Å². The van der Waals surface area contributed by atoms with Gasteiger partial charge in [-0.15, -0.1) is 0 Å². The van der Waals surface area contributed by atoms with E-state index >= 15 is 4.39 Å². The predicted octanol–water partition coefficient (Wildman–Crippen LogP) is 2.95. The Morgan fingerprint density at radius 1 is 1.16 bits per heavy atom. The lowest BCUT2D eigenvalue weighted by Crippen LogP contribution is -2.55. The summed E-state index contributed by atoms with van der Waals surface area (Å²) >= 11 is 0. The van der Waals surface area contributed by atoms with Gasteiger partial charge in [0.25, 0.3) is 0 Å². The number of sulfone groups is 1. The number of piperazine rings is 1. The third-order valence-corrected chi connectivity index (χ3v) is 8.25. The maximum absolute atomic E-state index is 15.8. The van der Waals surface area contributed by atoms with Crippen LogP contribution in [0.2, 0.25) is 0 Å². The summed E-state index contributed by atoms with van der Waals surface area (Å²) in [5, 5.41) is 19.9. The minimum Gasteiger partial charge on any atom is -0.507 e. The van der Waals surface area contributed by atoms with E-state index in [4.69, 9.17) is 0 Å². The summed E-state index contributed by atoms with van der Waals surface area (Å²) in [5.41, 5.74) is -2.57. The lowest BCUT2D eigenvalue weighted by atomic mass is 10.1. The lowest BCUT2D eigenvalue weighted by molar-refractivity contribution is -0.126. The Bertz CT molecular complexity index is 1990. The number of carbonyl (C=O) groups is 1. The number of fused-ring (bicyclic) bond motifs is 1. The van der Waals surface area contributed by atoms with Crippen LogP contribution in [0.1, 0.15) is 6.42 Å². The molecule has 0 bridgehead atoms. The van der Waals surface area contributed by atoms with E-state index in [0.717, 1.165) is 35.1 Å². The minimum atomic E-state index is -3.90. The lowest BCUT2D eigenvalue weighted by Gasteiger charge is -2.41. The monoisotopic (exact) mass is 606 g/mol. The zero-order valence-corrected chi connectivity index (χ0v) is 23.6. The van der Waals surface area contributed by atoms with Crippen molar-refractivity contribution in [3.63, 3.8) is 0 Å². The van der Waals surface area contributed by atoms with Gasteiger partial charge in [0.05, 0.1) is 40.1 Å². The van der Waals surface area contributed by atoms with E-state index in [-0.39, 0.29) is 59.4 Å². The molecule has 1 unspecified atom stereocenters. The first-order chi connectivity index (χ1) is 20.5. The number of nitriles is 1. The van der Waals surface area contributed by atoms with Crippen molar-refractivity contribution < 1.29 is 27.1 Å². The number of aromatic hydroxyl groups is 1. The molecule has 11 nitrogen and oxygen atoms in total. The summed E-state index contributed by atoms with van der Waals surface area (Å²) in [6.45, 7) is 3.85. The molecule has 14 heteroatoms. The van der Waals surface area contributed by atoms with Gasteiger partial charge in [0.15, 0.2) is 21.3 Å². The van der Waals surface area contributed by atoms with Crippen LogP contribution >= 0.6 is 0 Å². The zero-order chi connectivity index (χ0) is 31.1. The Hall–Kier alpha value is -5.16. The van der Waals surface area contributed by atoms with Crippen LogP contribution < -0.4 is 10.6 Å². The molecule has 1 amide bonds. The van der Waals surface area contributed by atoms with Crippen LogP contribution in [-0.4, -0.2) is 70.8 Å². The van der Waals surface area contributed by atoms with Crippen molar-refractivity contribution in [2.45, 2.75) is 17.4 Å². The van der Waals surface area contributed by atoms with Crippen LogP contribution in [0.5, 0.6) is 5.75 Å². The van der Waals surface area contributed by atoms with Crippen molar-refractivity contribution in [3.05, 3.63) is 83.3 Å². The second-order valence-electron chi connectivity index (χ2n) is 9.82. The number of nitrogens with zero attached hydrogens (tertiary/aromatic N) is 6. The predicted molar refractivity (Wildman–Crippen MR) is 153 cm³/mol. The summed E-state index contributed by atoms with van der Waals surface area (Å²) < 4.78 is 56.9. The summed E-state index contributed by atoms with van der Waals surface area (Å²) in [7, 11) is -3.90. The van der Waals surface area contributed by atoms with E-state index in [1.807, 2.05) is 0 Å². The molecule has 2 aromatic carbocycles. The summed E-state index contributed by atoms with van der Waals surface area (Å²) in [6, 6.07) is 11.3. The molecule has 3 heterocycles. The molecule has 1 aliphatic rings. The van der Waals surface area contributed by atoms with Crippen LogP contribution in [0.3, 0.4) is 0 Å². The standard InChI is InChI=1S/C29H24F2N6O5S/c1-3-24(39)35-13-14-36(17(16-35)11-12-32)27-18-15-20(31)26(25-19(30)7-6-9-22(25)38)33-28(18)37(29(40)34-27)21-8-4-5-10-23(21)43(2,41)42/h3-10,15,17,38H,1,11,13-14,16H2,2H3. The molecule has 1 atom stereocenters. The van der Waals surface area contributed by atoms with Crippen molar-refractivity contribution in [1.82, 2.24) is 19.4 Å². The van der Waals surface area contributed by atoms with Crippen molar-refractivity contribution in [3.8, 4) is 28.8 Å². The molecule has 0 radical (unpaired) electrons. The number of hydrogen-bond donors (Lipinski definition) is 1. The average Bonchev–Trinajstić information content (AvgIpc) is 2.96. The highest BCUT2D eigenvalue weighted by atomic mass is 32.2. The van der Waals surface area contributed by atoms with Crippen molar-refractivity contribution in [2.24, 2.45) is 0 Å². The van der Waals surface area contributed by atoms with Crippen molar-refractivity contribution in [1.29, 1.82) is 5.26 Å². The van der Waals surface area contributed by atoms with E-state index in [0.29, 0.717) is 0 Å². The third kappa shape index (κ3) is 5.30. The van der Waals surface area contributed by atoms with Gasteiger partial charge < -0.3 is 14.9 Å². The smallest absolute Gasteiger partial charge is 0.355 e. The molecule has 0 spiro atoms. The fraction of sp³-hybridized carbons (Fsp3) is 0.207. The summed E-state index contributed by atoms with van der Waals surface area (Å²) in [6.07, 6.45) is 2.01. The number of halogens is 2. The number of phenolic OH excluding ortho intramolecular Hbond substituents is 1. The Morgan fingerprint density at radius 3 is 2.58 bits per heavy atom. The maximum Gasteiger partial charge on any atom is 0.355 e. The topological polar surface area (TPSA) is 149 Å². The van der Waals surface area contributed by atoms with Crippen LogP contribution in [0.4, 0.5) is 14.6 Å². The quantitative estimate of drug-likeness (QED) is 0.327. The fourth-order valence-electron chi connectivity index (χ4n) is 5.16. The molecular formula is C29H24F2N6O5S. The number of anilines is 1. The summed E-state index contributed by atoms with van der Waals surface area (Å²) in [4.78, 5) is 37.4. The average molecular weight is 607 g/mol. The maximum atomic E-state index is 15.8. The normalized spacial score (nSPS) is 15.3. The summed E-state index contributed by atoms with van der Waals surface area (Å²) in [5.74, 6) is -3.06. The van der Waals surface area contributed by atoms with Crippen LogP contribution in [0.15, 0.2) is 70.9 Å². The molecule has 1 fully saturated rings. The number of aromatic nitrogens is 3. The number of phenols is 1. The number of rotatable bonds is 6. The molecule has 1 aliphatic heterocycles. The Morgan fingerprint density at radius 2 is 1.91 bits per heavy atom. The first-order valence-electron chi connectivity index (χ1n) is 12.9. The van der Waals surface area contributed by atoms with Crippen LogP contribution in [0, 0.1) is 23.0 Å². The number of pyridine rings is 1. The zero-order valence-electron chi connectivity index (χ0n) is 22.7. The van der Waals surface area contributed by atoms with Gasteiger partial charge in [0, 0.05) is 25.9 Å². The molecule has 1 N–H and O–H groups in total. The molecule has 1 saturated heterocycles.